The number of benzene rings is 1. The van der Waals surface area contributed by atoms with E-state index < -0.39 is 0 Å². The van der Waals surface area contributed by atoms with Crippen LogP contribution in [-0.4, -0.2) is 0 Å². The van der Waals surface area contributed by atoms with Gasteiger partial charge in [0.25, 0.3) is 0 Å². The maximum Gasteiger partial charge on any atom is 0.137 e. The fourth-order valence-corrected chi connectivity index (χ4v) is 2.26. The lowest BCUT2D eigenvalue weighted by molar-refractivity contribution is 0.606. The number of anilines is 1. The molecule has 0 amide bonds. The summed E-state index contributed by atoms with van der Waals surface area (Å²) in [6.07, 6.45) is 0. The van der Waals surface area contributed by atoms with Crippen molar-refractivity contribution in [3.8, 4) is 0 Å². The number of thiophene rings is 1. The first kappa shape index (κ1) is 7.89. The number of nitrogens with two attached hydrogens (primary N) is 1. The second-order valence-electron chi connectivity index (χ2n) is 2.46. The molecule has 0 saturated heterocycles. The lowest BCUT2D eigenvalue weighted by atomic mass is 10.2. The predicted molar refractivity (Wildman–Crippen MR) is 53.4 cm³/mol. The van der Waals surface area contributed by atoms with Gasteiger partial charge in [0, 0.05) is 15.0 Å². The van der Waals surface area contributed by atoms with E-state index >= 15 is 0 Å². The first-order valence-electron chi connectivity index (χ1n) is 3.35. The number of hydrogen-bond acceptors (Lipinski definition) is 3. The zero-order chi connectivity index (χ0) is 8.72. The van der Waals surface area contributed by atoms with Crippen molar-refractivity contribution in [1.82, 2.24) is 0 Å². The zero-order valence-corrected chi connectivity index (χ0v) is 7.75. The number of nitrogen functional groups attached to an aromatic ring is 1. The van der Waals surface area contributed by atoms with E-state index in [1.807, 2.05) is 0 Å². The third kappa shape index (κ3) is 1.07. The van der Waals surface area contributed by atoms with Crippen LogP contribution in [0.15, 0.2) is 23.1 Å². The highest BCUT2D eigenvalue weighted by Gasteiger charge is 2.05. The van der Waals surface area contributed by atoms with Gasteiger partial charge in [0.2, 0.25) is 0 Å². The van der Waals surface area contributed by atoms with E-state index in [-0.39, 0.29) is 5.82 Å². The van der Waals surface area contributed by atoms with Crippen molar-refractivity contribution in [1.29, 1.82) is 0 Å². The van der Waals surface area contributed by atoms with Crippen LogP contribution < -0.4 is 5.73 Å². The highest BCUT2D eigenvalue weighted by Crippen LogP contribution is 2.32. The van der Waals surface area contributed by atoms with Crippen molar-refractivity contribution in [2.24, 2.45) is 0 Å². The number of halogens is 1. The molecule has 1 aromatic heterocycles. The maximum atomic E-state index is 12.9. The van der Waals surface area contributed by atoms with Crippen molar-refractivity contribution >= 4 is 39.1 Å². The molecule has 2 N–H and O–H groups in total. The van der Waals surface area contributed by atoms with Crippen LogP contribution in [0.5, 0.6) is 0 Å². The number of thiol groups is 1. The van der Waals surface area contributed by atoms with Crippen molar-refractivity contribution in [2.45, 2.75) is 4.90 Å². The highest BCUT2D eigenvalue weighted by atomic mass is 32.1. The van der Waals surface area contributed by atoms with Gasteiger partial charge in [0.05, 0.1) is 5.00 Å². The molecule has 0 radical (unpaired) electrons. The zero-order valence-electron chi connectivity index (χ0n) is 6.04. The first-order valence-corrected chi connectivity index (χ1v) is 4.61. The molecule has 0 aliphatic carbocycles. The molecule has 0 aliphatic heterocycles. The Labute approximate surface area is 78.4 Å². The molecular weight excluding hydrogens is 193 g/mol. The Morgan fingerprint density at radius 1 is 1.42 bits per heavy atom. The quantitative estimate of drug-likeness (QED) is 0.627. The van der Waals surface area contributed by atoms with Gasteiger partial charge in [-0.25, -0.2) is 4.39 Å². The molecule has 12 heavy (non-hydrogen) atoms. The van der Waals surface area contributed by atoms with Crippen LogP contribution in [-0.2, 0) is 0 Å². The van der Waals surface area contributed by atoms with Crippen molar-refractivity contribution in [3.05, 3.63) is 24.0 Å². The third-order valence-corrected chi connectivity index (χ3v) is 3.03. The summed E-state index contributed by atoms with van der Waals surface area (Å²) in [6.45, 7) is 0. The molecule has 0 atom stereocenters. The topological polar surface area (TPSA) is 26.0 Å². The standard InChI is InChI=1S/C8H6FNS2/c9-5-1-2-6-4(8(5)11)3-7(10)12-6/h1-3,11H,10H2. The lowest BCUT2D eigenvalue weighted by Gasteiger charge is -1.94. The van der Waals surface area contributed by atoms with E-state index in [0.717, 1.165) is 10.1 Å². The van der Waals surface area contributed by atoms with E-state index in [4.69, 9.17) is 5.73 Å². The molecule has 0 fully saturated rings. The van der Waals surface area contributed by atoms with Gasteiger partial charge in [-0.15, -0.1) is 24.0 Å². The van der Waals surface area contributed by atoms with Gasteiger partial charge >= 0.3 is 0 Å². The van der Waals surface area contributed by atoms with Gasteiger partial charge in [0.1, 0.15) is 5.82 Å². The molecule has 0 unspecified atom stereocenters. The van der Waals surface area contributed by atoms with Gasteiger partial charge < -0.3 is 5.73 Å². The minimum atomic E-state index is -0.302. The average molecular weight is 199 g/mol. The van der Waals surface area contributed by atoms with Crippen molar-refractivity contribution < 1.29 is 4.39 Å². The van der Waals surface area contributed by atoms with E-state index in [9.17, 15) is 4.39 Å². The molecule has 1 heterocycles. The minimum Gasteiger partial charge on any atom is -0.391 e. The largest absolute Gasteiger partial charge is 0.391 e. The van der Waals surface area contributed by atoms with Crippen molar-refractivity contribution in [3.63, 3.8) is 0 Å². The van der Waals surface area contributed by atoms with E-state index in [1.54, 1.807) is 12.1 Å². The molecule has 2 rings (SSSR count). The van der Waals surface area contributed by atoms with Gasteiger partial charge in [-0.3, -0.25) is 0 Å². The van der Waals surface area contributed by atoms with Crippen LogP contribution in [0.1, 0.15) is 0 Å². The summed E-state index contributed by atoms with van der Waals surface area (Å²) < 4.78 is 13.9. The van der Waals surface area contributed by atoms with Crippen LogP contribution in [0, 0.1) is 5.82 Å². The normalized spacial score (nSPS) is 10.8. The third-order valence-electron chi connectivity index (χ3n) is 1.64. The monoisotopic (exact) mass is 199 g/mol. The number of fused-ring (bicyclic) bond motifs is 1. The van der Waals surface area contributed by atoms with Gasteiger partial charge in [0.15, 0.2) is 0 Å². The summed E-state index contributed by atoms with van der Waals surface area (Å²) >= 11 is 5.49. The molecule has 0 saturated carbocycles. The van der Waals surface area contributed by atoms with Crippen molar-refractivity contribution in [2.75, 3.05) is 5.73 Å². The molecule has 1 aromatic carbocycles. The molecule has 0 bridgehead atoms. The molecule has 4 heteroatoms. The summed E-state index contributed by atoms with van der Waals surface area (Å²) in [6, 6.07) is 4.86. The van der Waals surface area contributed by atoms with E-state index in [0.29, 0.717) is 9.90 Å². The number of hydrogen-bond donors (Lipinski definition) is 2. The average Bonchev–Trinajstić information content (AvgIpc) is 2.39. The Morgan fingerprint density at radius 2 is 2.17 bits per heavy atom. The molecule has 1 nitrogen and oxygen atoms in total. The highest BCUT2D eigenvalue weighted by molar-refractivity contribution is 7.80. The van der Waals surface area contributed by atoms with E-state index in [2.05, 4.69) is 12.6 Å². The fourth-order valence-electron chi connectivity index (χ4n) is 1.09. The Bertz CT molecular complexity index is 436. The lowest BCUT2D eigenvalue weighted by Crippen LogP contribution is -1.76. The Balaban J connectivity index is 2.89. The predicted octanol–water partition coefficient (Wildman–Crippen LogP) is 2.91. The van der Waals surface area contributed by atoms with Crippen LogP contribution in [0.3, 0.4) is 0 Å². The summed E-state index contributed by atoms with van der Waals surface area (Å²) in [5, 5.41) is 1.48. The molecule has 2 aromatic rings. The van der Waals surface area contributed by atoms with Crippen LogP contribution in [0.25, 0.3) is 10.1 Å². The van der Waals surface area contributed by atoms with Crippen LogP contribution >= 0.6 is 24.0 Å². The fraction of sp³-hybridized carbons (Fsp3) is 0. The van der Waals surface area contributed by atoms with Gasteiger partial charge in [-0.2, -0.15) is 0 Å². The summed E-state index contributed by atoms with van der Waals surface area (Å²) in [5.41, 5.74) is 5.57. The minimum absolute atomic E-state index is 0.302. The second-order valence-corrected chi connectivity index (χ2v) is 4.02. The first-order chi connectivity index (χ1) is 5.68. The molecule has 0 aliphatic rings. The molecular formula is C8H6FNS2. The Morgan fingerprint density at radius 3 is 2.92 bits per heavy atom. The summed E-state index contributed by atoms with van der Waals surface area (Å²) in [5.74, 6) is -0.302. The smallest absolute Gasteiger partial charge is 0.137 e. The van der Waals surface area contributed by atoms with Gasteiger partial charge in [-0.1, -0.05) is 0 Å². The SMILES string of the molecule is Nc1cc2c(S)c(F)ccc2s1. The summed E-state index contributed by atoms with van der Waals surface area (Å²) in [4.78, 5) is 0.375. The molecule has 0 spiro atoms. The number of rotatable bonds is 0. The Hall–Kier alpha value is -0.740. The second kappa shape index (κ2) is 2.64. The van der Waals surface area contributed by atoms with Crippen LogP contribution in [0.2, 0.25) is 0 Å². The maximum absolute atomic E-state index is 12.9. The Kier molecular flexibility index (Phi) is 1.73. The van der Waals surface area contributed by atoms with E-state index in [1.165, 1.54) is 17.4 Å². The van der Waals surface area contributed by atoms with Crippen LogP contribution in [0.4, 0.5) is 9.39 Å². The van der Waals surface area contributed by atoms with Gasteiger partial charge in [-0.05, 0) is 18.2 Å². The molecule has 62 valence electrons. The summed E-state index contributed by atoms with van der Waals surface area (Å²) in [7, 11) is 0.